The molecule has 0 saturated carbocycles. The maximum atomic E-state index is 11.5. The number of rotatable bonds is 5. The molecular weight excluding hydrogens is 324 g/mol. The standard InChI is InChI=1S/C22H28N2O2/c1-3-4-19-15-17(6-8-21(25)23-2)5-7-18(19)9-12-22(26)16-24-13-10-20(22)11-14-24/h3,5,7,15,20,26H,1,4,6,8,10-11,13-14,16H2,2H3,(H,23,25). The summed E-state index contributed by atoms with van der Waals surface area (Å²) < 4.78 is 0. The third-order valence-corrected chi connectivity index (χ3v) is 5.59. The number of carbonyl (C=O) groups is 1. The Morgan fingerprint density at radius 1 is 1.46 bits per heavy atom. The highest BCUT2D eigenvalue weighted by atomic mass is 16.3. The van der Waals surface area contributed by atoms with Crippen molar-refractivity contribution in [2.45, 2.75) is 37.7 Å². The van der Waals surface area contributed by atoms with Crippen LogP contribution in [0.15, 0.2) is 30.9 Å². The summed E-state index contributed by atoms with van der Waals surface area (Å²) in [5.74, 6) is 6.76. The molecule has 1 atom stereocenters. The Bertz CT molecular complexity index is 738. The van der Waals surface area contributed by atoms with Crippen molar-refractivity contribution in [1.82, 2.24) is 10.2 Å². The van der Waals surface area contributed by atoms with Gasteiger partial charge in [-0.2, -0.15) is 0 Å². The molecule has 3 aliphatic heterocycles. The van der Waals surface area contributed by atoms with Crippen LogP contribution in [0.1, 0.15) is 36.0 Å². The van der Waals surface area contributed by atoms with Crippen LogP contribution >= 0.6 is 0 Å². The number of carbonyl (C=O) groups excluding carboxylic acids is 1. The lowest BCUT2D eigenvalue weighted by Crippen LogP contribution is -2.58. The molecule has 138 valence electrons. The molecule has 3 fully saturated rings. The molecule has 4 heteroatoms. The number of nitrogens with one attached hydrogen (secondary N) is 1. The molecule has 0 spiro atoms. The number of fused-ring (bicyclic) bond motifs is 3. The number of nitrogens with zero attached hydrogens (tertiary/aromatic N) is 1. The van der Waals surface area contributed by atoms with Gasteiger partial charge in [-0.15, -0.1) is 6.58 Å². The number of benzene rings is 1. The van der Waals surface area contributed by atoms with E-state index < -0.39 is 5.60 Å². The molecule has 3 aliphatic rings. The summed E-state index contributed by atoms with van der Waals surface area (Å²) in [5, 5.41) is 13.6. The summed E-state index contributed by atoms with van der Waals surface area (Å²) in [4.78, 5) is 13.8. The minimum Gasteiger partial charge on any atom is -0.376 e. The molecule has 0 aromatic heterocycles. The molecule has 1 unspecified atom stereocenters. The zero-order valence-electron chi connectivity index (χ0n) is 15.6. The summed E-state index contributed by atoms with van der Waals surface area (Å²) in [6, 6.07) is 6.14. The Hall–Kier alpha value is -2.09. The second-order valence-electron chi connectivity index (χ2n) is 7.38. The third kappa shape index (κ3) is 4.17. The highest BCUT2D eigenvalue weighted by Crippen LogP contribution is 2.35. The van der Waals surface area contributed by atoms with Gasteiger partial charge in [-0.1, -0.05) is 30.0 Å². The van der Waals surface area contributed by atoms with Crippen molar-refractivity contribution in [2.75, 3.05) is 26.7 Å². The molecule has 4 rings (SSSR count). The normalized spacial score (nSPS) is 26.7. The average molecular weight is 352 g/mol. The fraction of sp³-hybridized carbons (Fsp3) is 0.500. The van der Waals surface area contributed by atoms with Crippen molar-refractivity contribution in [3.63, 3.8) is 0 Å². The SMILES string of the molecule is C=CCc1cc(CCC(=O)NC)ccc1C#CC1(O)CN2CCC1CC2. The lowest BCUT2D eigenvalue weighted by atomic mass is 9.75. The number of hydrogen-bond donors (Lipinski definition) is 2. The molecule has 2 N–H and O–H groups in total. The molecular formula is C22H28N2O2. The van der Waals surface area contributed by atoms with Crippen LogP contribution in [0.4, 0.5) is 0 Å². The van der Waals surface area contributed by atoms with Gasteiger partial charge in [0.15, 0.2) is 0 Å². The lowest BCUT2D eigenvalue weighted by Gasteiger charge is -2.47. The number of piperidine rings is 3. The Morgan fingerprint density at radius 2 is 2.23 bits per heavy atom. The van der Waals surface area contributed by atoms with E-state index in [2.05, 4.69) is 34.7 Å². The monoisotopic (exact) mass is 352 g/mol. The van der Waals surface area contributed by atoms with E-state index in [0.29, 0.717) is 19.4 Å². The number of aliphatic hydroxyl groups is 1. The van der Waals surface area contributed by atoms with Gasteiger partial charge in [-0.3, -0.25) is 9.69 Å². The van der Waals surface area contributed by atoms with Crippen LogP contribution in [0.5, 0.6) is 0 Å². The lowest BCUT2D eigenvalue weighted by molar-refractivity contribution is -0.120. The Morgan fingerprint density at radius 3 is 2.85 bits per heavy atom. The zero-order chi connectivity index (χ0) is 18.6. The first-order chi connectivity index (χ1) is 12.5. The molecule has 1 amide bonds. The quantitative estimate of drug-likeness (QED) is 0.629. The van der Waals surface area contributed by atoms with E-state index in [1.54, 1.807) is 7.05 Å². The summed E-state index contributed by atoms with van der Waals surface area (Å²) in [7, 11) is 1.66. The van der Waals surface area contributed by atoms with Gasteiger partial charge in [0, 0.05) is 31.5 Å². The third-order valence-electron chi connectivity index (χ3n) is 5.59. The van der Waals surface area contributed by atoms with Crippen LogP contribution in [-0.2, 0) is 17.6 Å². The van der Waals surface area contributed by atoms with Gasteiger partial charge in [-0.25, -0.2) is 0 Å². The van der Waals surface area contributed by atoms with Crippen molar-refractivity contribution < 1.29 is 9.90 Å². The molecule has 3 heterocycles. The van der Waals surface area contributed by atoms with E-state index in [-0.39, 0.29) is 11.8 Å². The van der Waals surface area contributed by atoms with Crippen molar-refractivity contribution >= 4 is 5.91 Å². The highest BCUT2D eigenvalue weighted by Gasteiger charge is 2.44. The van der Waals surface area contributed by atoms with E-state index in [9.17, 15) is 9.90 Å². The molecule has 4 nitrogen and oxygen atoms in total. The van der Waals surface area contributed by atoms with Crippen LogP contribution in [0.2, 0.25) is 0 Å². The first-order valence-electron chi connectivity index (χ1n) is 9.45. The topological polar surface area (TPSA) is 52.6 Å². The van der Waals surface area contributed by atoms with E-state index >= 15 is 0 Å². The maximum absolute atomic E-state index is 11.5. The smallest absolute Gasteiger partial charge is 0.220 e. The highest BCUT2D eigenvalue weighted by molar-refractivity contribution is 5.75. The fourth-order valence-corrected chi connectivity index (χ4v) is 3.99. The molecule has 26 heavy (non-hydrogen) atoms. The van der Waals surface area contributed by atoms with Gasteiger partial charge in [0.05, 0.1) is 0 Å². The van der Waals surface area contributed by atoms with E-state index in [1.807, 2.05) is 18.2 Å². The molecule has 2 bridgehead atoms. The first kappa shape index (κ1) is 18.7. The Labute approximate surface area is 156 Å². The fourth-order valence-electron chi connectivity index (χ4n) is 3.99. The predicted molar refractivity (Wildman–Crippen MR) is 104 cm³/mol. The van der Waals surface area contributed by atoms with E-state index in [1.165, 1.54) is 0 Å². The van der Waals surface area contributed by atoms with Crippen LogP contribution in [0, 0.1) is 17.8 Å². The minimum absolute atomic E-state index is 0.0451. The summed E-state index contributed by atoms with van der Waals surface area (Å²) in [6.07, 6.45) is 5.84. The van der Waals surface area contributed by atoms with Gasteiger partial charge in [-0.05, 0) is 56.0 Å². The predicted octanol–water partition coefficient (Wildman–Crippen LogP) is 1.90. The maximum Gasteiger partial charge on any atom is 0.220 e. The van der Waals surface area contributed by atoms with Gasteiger partial charge < -0.3 is 10.4 Å². The zero-order valence-corrected chi connectivity index (χ0v) is 15.6. The Kier molecular flexibility index (Phi) is 5.80. The van der Waals surface area contributed by atoms with Gasteiger partial charge in [0.1, 0.15) is 5.60 Å². The number of allylic oxidation sites excluding steroid dienone is 1. The second kappa shape index (κ2) is 8.07. The minimum atomic E-state index is -0.889. The number of hydrogen-bond acceptors (Lipinski definition) is 3. The van der Waals surface area contributed by atoms with E-state index in [0.717, 1.165) is 49.0 Å². The molecule has 0 aliphatic carbocycles. The summed E-state index contributed by atoms with van der Waals surface area (Å²) in [5.41, 5.74) is 2.28. The van der Waals surface area contributed by atoms with Crippen molar-refractivity contribution in [2.24, 2.45) is 5.92 Å². The number of aryl methyl sites for hydroxylation is 1. The molecule has 3 saturated heterocycles. The van der Waals surface area contributed by atoms with Gasteiger partial charge >= 0.3 is 0 Å². The van der Waals surface area contributed by atoms with Crippen molar-refractivity contribution in [3.8, 4) is 11.8 Å². The van der Waals surface area contributed by atoms with Gasteiger partial charge in [0.2, 0.25) is 5.91 Å². The van der Waals surface area contributed by atoms with E-state index in [4.69, 9.17) is 0 Å². The summed E-state index contributed by atoms with van der Waals surface area (Å²) >= 11 is 0. The first-order valence-corrected chi connectivity index (χ1v) is 9.45. The number of amides is 1. The van der Waals surface area contributed by atoms with Crippen LogP contribution < -0.4 is 5.32 Å². The Balaban J connectivity index is 1.79. The molecule has 1 aromatic rings. The largest absolute Gasteiger partial charge is 0.376 e. The van der Waals surface area contributed by atoms with Crippen molar-refractivity contribution in [1.29, 1.82) is 0 Å². The average Bonchev–Trinajstić information content (AvgIpc) is 2.66. The van der Waals surface area contributed by atoms with Crippen molar-refractivity contribution in [3.05, 3.63) is 47.5 Å². The van der Waals surface area contributed by atoms with Crippen LogP contribution in [0.3, 0.4) is 0 Å². The molecule has 0 radical (unpaired) electrons. The van der Waals surface area contributed by atoms with Crippen LogP contribution in [-0.4, -0.2) is 48.2 Å². The van der Waals surface area contributed by atoms with Crippen LogP contribution in [0.25, 0.3) is 0 Å². The molecule has 1 aromatic carbocycles. The summed E-state index contributed by atoms with van der Waals surface area (Å²) in [6.45, 7) is 6.66. The van der Waals surface area contributed by atoms with Gasteiger partial charge in [0.25, 0.3) is 0 Å². The second-order valence-corrected chi connectivity index (χ2v) is 7.38.